The summed E-state index contributed by atoms with van der Waals surface area (Å²) in [4.78, 5) is 43.4. The average molecular weight is 469 g/mol. The van der Waals surface area contributed by atoms with Crippen LogP contribution in [-0.4, -0.2) is 36.8 Å². The Labute approximate surface area is 191 Å². The van der Waals surface area contributed by atoms with Crippen LogP contribution in [0.1, 0.15) is 17.3 Å². The fraction of sp³-hybridized carbons (Fsp3) is 0.0952. The second-order valence-electron chi connectivity index (χ2n) is 6.84. The van der Waals surface area contributed by atoms with E-state index in [1.165, 1.54) is 23.0 Å². The number of halogens is 1. The summed E-state index contributed by atoms with van der Waals surface area (Å²) in [6.45, 7) is 1.69. The van der Waals surface area contributed by atoms with Crippen molar-refractivity contribution in [3.05, 3.63) is 75.7 Å². The molecule has 11 heteroatoms. The number of hydrogen-bond donors (Lipinski definition) is 3. The second-order valence-corrected chi connectivity index (χ2v) is 8.60. The monoisotopic (exact) mass is 468 g/mol. The van der Waals surface area contributed by atoms with Crippen LogP contribution in [0.4, 0.5) is 5.69 Å². The Morgan fingerprint density at radius 2 is 1.97 bits per heavy atom. The van der Waals surface area contributed by atoms with Crippen LogP contribution in [0.5, 0.6) is 0 Å². The number of H-pyrrole nitrogens is 1. The number of nitrogens with one attached hydrogen (secondary N) is 2. The van der Waals surface area contributed by atoms with E-state index in [9.17, 15) is 14.4 Å². The smallest absolute Gasteiger partial charge is 0.262 e. The Kier molecular flexibility index (Phi) is 5.97. The zero-order chi connectivity index (χ0) is 22.8. The van der Waals surface area contributed by atoms with Crippen LogP contribution in [0.25, 0.3) is 16.7 Å². The van der Waals surface area contributed by atoms with E-state index in [-0.39, 0.29) is 16.6 Å². The third-order valence-corrected chi connectivity index (χ3v) is 5.78. The summed E-state index contributed by atoms with van der Waals surface area (Å²) < 4.78 is 1.52. The fourth-order valence-electron chi connectivity index (χ4n) is 2.93. The van der Waals surface area contributed by atoms with E-state index in [0.717, 1.165) is 11.8 Å². The third kappa shape index (κ3) is 4.51. The number of benzene rings is 2. The van der Waals surface area contributed by atoms with E-state index < -0.39 is 11.2 Å². The Bertz CT molecular complexity index is 1380. The van der Waals surface area contributed by atoms with Crippen LogP contribution < -0.4 is 16.6 Å². The van der Waals surface area contributed by atoms with E-state index in [2.05, 4.69) is 20.4 Å². The Morgan fingerprint density at radius 1 is 1.22 bits per heavy atom. The number of carbonyl (C=O) groups excluding carboxylic acids is 2. The first kappa shape index (κ1) is 21.6. The molecule has 2 aromatic carbocycles. The molecule has 4 N–H and O–H groups in total. The lowest BCUT2D eigenvalue weighted by molar-refractivity contribution is -0.115. The SMILES string of the molecule is CC(Sc1nc2c(cnn2-c2cccc(Cl)c2)c(=O)[nH]1)C(=O)Nc1ccc(C(N)=O)cc1. The molecule has 162 valence electrons. The fourth-order valence-corrected chi connectivity index (χ4v) is 3.91. The van der Waals surface area contributed by atoms with Gasteiger partial charge in [0.2, 0.25) is 11.8 Å². The lowest BCUT2D eigenvalue weighted by Gasteiger charge is -2.12. The van der Waals surface area contributed by atoms with Crippen molar-refractivity contribution in [3.63, 3.8) is 0 Å². The summed E-state index contributed by atoms with van der Waals surface area (Å²) >= 11 is 7.17. The molecule has 0 fully saturated rings. The topological polar surface area (TPSA) is 136 Å². The van der Waals surface area contributed by atoms with Gasteiger partial charge in [0, 0.05) is 16.3 Å². The Hall–Kier alpha value is -3.63. The molecule has 1 atom stereocenters. The van der Waals surface area contributed by atoms with Crippen LogP contribution >= 0.6 is 23.4 Å². The molecule has 32 heavy (non-hydrogen) atoms. The largest absolute Gasteiger partial charge is 0.366 e. The number of nitrogens with two attached hydrogens (primary N) is 1. The van der Waals surface area contributed by atoms with E-state index in [1.54, 1.807) is 43.3 Å². The molecule has 0 radical (unpaired) electrons. The molecule has 9 nitrogen and oxygen atoms in total. The molecule has 1 unspecified atom stereocenters. The van der Waals surface area contributed by atoms with Crippen LogP contribution in [-0.2, 0) is 4.79 Å². The van der Waals surface area contributed by atoms with E-state index in [1.807, 2.05) is 0 Å². The molecule has 4 rings (SSSR count). The number of anilines is 1. The highest BCUT2D eigenvalue weighted by Gasteiger charge is 2.18. The molecule has 2 heterocycles. The maximum Gasteiger partial charge on any atom is 0.262 e. The summed E-state index contributed by atoms with van der Waals surface area (Å²) in [6.07, 6.45) is 1.43. The van der Waals surface area contributed by atoms with Gasteiger partial charge in [-0.3, -0.25) is 14.4 Å². The average Bonchev–Trinajstić information content (AvgIpc) is 3.18. The van der Waals surface area contributed by atoms with E-state index in [4.69, 9.17) is 17.3 Å². The zero-order valence-electron chi connectivity index (χ0n) is 16.7. The minimum Gasteiger partial charge on any atom is -0.366 e. The lowest BCUT2D eigenvalue weighted by atomic mass is 10.2. The first-order chi connectivity index (χ1) is 15.3. The summed E-state index contributed by atoms with van der Waals surface area (Å²) in [5.74, 6) is -0.845. The number of amides is 2. The maximum atomic E-state index is 12.6. The predicted molar refractivity (Wildman–Crippen MR) is 123 cm³/mol. The molecule has 2 aromatic heterocycles. The summed E-state index contributed by atoms with van der Waals surface area (Å²) in [6, 6.07) is 13.3. The van der Waals surface area contributed by atoms with Crippen molar-refractivity contribution < 1.29 is 9.59 Å². The highest BCUT2D eigenvalue weighted by molar-refractivity contribution is 8.00. The van der Waals surface area contributed by atoms with Crippen molar-refractivity contribution in [3.8, 4) is 5.69 Å². The van der Waals surface area contributed by atoms with Crippen molar-refractivity contribution in [2.24, 2.45) is 5.73 Å². The van der Waals surface area contributed by atoms with Gasteiger partial charge < -0.3 is 16.0 Å². The van der Waals surface area contributed by atoms with Crippen molar-refractivity contribution in [1.82, 2.24) is 19.7 Å². The number of aromatic amines is 1. The molecule has 0 aliphatic heterocycles. The van der Waals surface area contributed by atoms with Crippen LogP contribution in [0.15, 0.2) is 64.7 Å². The van der Waals surface area contributed by atoms with Crippen LogP contribution in [0.2, 0.25) is 5.02 Å². The number of fused-ring (bicyclic) bond motifs is 1. The van der Waals surface area contributed by atoms with Gasteiger partial charge in [-0.1, -0.05) is 29.4 Å². The minimum atomic E-state index is -0.575. The number of primary amides is 1. The molecule has 0 aliphatic rings. The van der Waals surface area contributed by atoms with Gasteiger partial charge in [-0.05, 0) is 49.4 Å². The third-order valence-electron chi connectivity index (χ3n) is 4.56. The molecular weight excluding hydrogens is 452 g/mol. The quantitative estimate of drug-likeness (QED) is 0.294. The summed E-state index contributed by atoms with van der Waals surface area (Å²) in [7, 11) is 0. The van der Waals surface area contributed by atoms with Gasteiger partial charge in [0.05, 0.1) is 17.1 Å². The summed E-state index contributed by atoms with van der Waals surface area (Å²) in [5.41, 5.74) is 6.73. The van der Waals surface area contributed by atoms with E-state index in [0.29, 0.717) is 33.0 Å². The van der Waals surface area contributed by atoms with Gasteiger partial charge in [0.25, 0.3) is 5.56 Å². The lowest BCUT2D eigenvalue weighted by Crippen LogP contribution is -2.23. The molecule has 0 saturated heterocycles. The number of aromatic nitrogens is 4. The zero-order valence-corrected chi connectivity index (χ0v) is 18.3. The van der Waals surface area contributed by atoms with Gasteiger partial charge in [0.1, 0.15) is 5.39 Å². The normalized spacial score (nSPS) is 11.9. The van der Waals surface area contributed by atoms with Crippen molar-refractivity contribution >= 4 is 51.9 Å². The number of nitrogens with zero attached hydrogens (tertiary/aromatic N) is 3. The number of rotatable bonds is 6. The molecule has 0 bridgehead atoms. The van der Waals surface area contributed by atoms with Crippen molar-refractivity contribution in [2.75, 3.05) is 5.32 Å². The Balaban J connectivity index is 1.55. The van der Waals surface area contributed by atoms with Gasteiger partial charge in [-0.2, -0.15) is 5.10 Å². The Morgan fingerprint density at radius 3 is 2.66 bits per heavy atom. The molecule has 2 amide bonds. The van der Waals surface area contributed by atoms with Gasteiger partial charge in [-0.15, -0.1) is 0 Å². The highest BCUT2D eigenvalue weighted by atomic mass is 35.5. The molecule has 0 saturated carbocycles. The first-order valence-electron chi connectivity index (χ1n) is 9.43. The molecular formula is C21H17ClN6O3S. The van der Waals surface area contributed by atoms with E-state index >= 15 is 0 Å². The molecule has 0 aliphatic carbocycles. The second kappa shape index (κ2) is 8.85. The standard InChI is InChI=1S/C21H17ClN6O3S/c1-11(19(30)25-14-7-5-12(6-8-14)17(23)29)32-21-26-18-16(20(31)27-21)10-24-28(18)15-4-2-3-13(22)9-15/h2-11H,1H3,(H2,23,29)(H,25,30)(H,26,27,31). The van der Waals surface area contributed by atoms with Crippen molar-refractivity contribution in [2.45, 2.75) is 17.3 Å². The van der Waals surface area contributed by atoms with Gasteiger partial charge >= 0.3 is 0 Å². The molecule has 0 spiro atoms. The number of carbonyl (C=O) groups is 2. The summed E-state index contributed by atoms with van der Waals surface area (Å²) in [5, 5.41) is 7.56. The van der Waals surface area contributed by atoms with Crippen molar-refractivity contribution in [1.29, 1.82) is 0 Å². The highest BCUT2D eigenvalue weighted by Crippen LogP contribution is 2.23. The van der Waals surface area contributed by atoms with Crippen LogP contribution in [0, 0.1) is 0 Å². The van der Waals surface area contributed by atoms with Gasteiger partial charge in [-0.25, -0.2) is 9.67 Å². The number of thioether (sulfide) groups is 1. The van der Waals surface area contributed by atoms with Crippen LogP contribution in [0.3, 0.4) is 0 Å². The predicted octanol–water partition coefficient (Wildman–Crippen LogP) is 2.98. The van der Waals surface area contributed by atoms with Gasteiger partial charge in [0.15, 0.2) is 10.8 Å². The maximum absolute atomic E-state index is 12.6. The number of hydrogen-bond acceptors (Lipinski definition) is 6. The molecule has 4 aromatic rings. The minimum absolute atomic E-state index is 0.276. The first-order valence-corrected chi connectivity index (χ1v) is 10.7.